The van der Waals surface area contributed by atoms with Crippen molar-refractivity contribution in [2.75, 3.05) is 33.9 Å². The average molecular weight is 589 g/mol. The van der Waals surface area contributed by atoms with E-state index < -0.39 is 12.4 Å². The molecule has 5 rings (SSSR count). The van der Waals surface area contributed by atoms with Crippen LogP contribution in [0, 0.1) is 0 Å². The Hall–Kier alpha value is -3.89. The molecule has 3 unspecified atom stereocenters. The highest BCUT2D eigenvalue weighted by Gasteiger charge is 2.34. The maximum atomic E-state index is 11.8. The van der Waals surface area contributed by atoms with Crippen molar-refractivity contribution >= 4 is 6.09 Å². The number of aliphatic hydroxyl groups excluding tert-OH is 1. The highest BCUT2D eigenvalue weighted by molar-refractivity contribution is 5.67. The van der Waals surface area contributed by atoms with Crippen LogP contribution in [0.5, 0.6) is 11.5 Å². The zero-order valence-electron chi connectivity index (χ0n) is 24.8. The molecule has 3 aromatic rings. The number of nitrogens with one attached hydrogen (secondary N) is 1. The molecule has 1 saturated heterocycles. The number of hydrogen-bond donors (Lipinski definition) is 2. The van der Waals surface area contributed by atoms with Gasteiger partial charge in [0, 0.05) is 38.2 Å². The first kappa shape index (κ1) is 30.6. The van der Waals surface area contributed by atoms with Gasteiger partial charge in [-0.1, -0.05) is 61.2 Å². The molecular weight excluding hydrogens is 548 g/mol. The minimum absolute atomic E-state index is 0.000439. The van der Waals surface area contributed by atoms with Gasteiger partial charge in [0.05, 0.1) is 33.0 Å². The Kier molecular flexibility index (Phi) is 10.3. The third kappa shape index (κ3) is 7.74. The zero-order chi connectivity index (χ0) is 30.2. The number of rotatable bonds is 11. The van der Waals surface area contributed by atoms with Crippen molar-refractivity contribution in [3.05, 3.63) is 107 Å². The monoisotopic (exact) mass is 588 g/mol. The molecule has 2 aliphatic rings. The molecule has 9 nitrogen and oxygen atoms in total. The lowest BCUT2D eigenvalue weighted by Crippen LogP contribution is -2.41. The average Bonchev–Trinajstić information content (AvgIpc) is 3.05. The first-order chi connectivity index (χ1) is 21.0. The first-order valence-electron chi connectivity index (χ1n) is 14.6. The summed E-state index contributed by atoms with van der Waals surface area (Å²) in [5, 5.41) is 12.2. The number of carbonyl (C=O) groups excluding carboxylic acids is 1. The predicted molar refractivity (Wildman–Crippen MR) is 162 cm³/mol. The minimum atomic E-state index is -0.553. The molecule has 43 heavy (non-hydrogen) atoms. The van der Waals surface area contributed by atoms with Crippen LogP contribution in [0.3, 0.4) is 0 Å². The molecule has 0 bridgehead atoms. The number of amides is 1. The fourth-order valence-electron chi connectivity index (χ4n) is 5.57. The molecule has 1 fully saturated rings. The number of alkyl carbamates (subject to hydrolysis) is 1. The number of nitrogens with zero attached hydrogens (tertiary/aromatic N) is 1. The normalized spacial score (nSPS) is 20.1. The van der Waals surface area contributed by atoms with Crippen molar-refractivity contribution in [2.24, 2.45) is 0 Å². The van der Waals surface area contributed by atoms with Crippen LogP contribution in [0.4, 0.5) is 4.79 Å². The van der Waals surface area contributed by atoms with Crippen molar-refractivity contribution in [3.8, 4) is 11.5 Å². The van der Waals surface area contributed by atoms with E-state index in [1.807, 2.05) is 48.5 Å². The van der Waals surface area contributed by atoms with Crippen molar-refractivity contribution < 1.29 is 33.6 Å². The zero-order valence-corrected chi connectivity index (χ0v) is 24.8. The molecule has 2 aliphatic heterocycles. The molecule has 3 atom stereocenters. The third-order valence-electron chi connectivity index (χ3n) is 7.89. The Bertz CT molecular complexity index is 1380. The Morgan fingerprint density at radius 3 is 2.35 bits per heavy atom. The van der Waals surface area contributed by atoms with E-state index in [1.54, 1.807) is 14.2 Å². The molecule has 0 saturated carbocycles. The fraction of sp³-hybridized carbons (Fsp3) is 0.382. The highest BCUT2D eigenvalue weighted by atomic mass is 16.7. The molecule has 2 heterocycles. The van der Waals surface area contributed by atoms with Crippen LogP contribution in [0.2, 0.25) is 0 Å². The number of benzene rings is 3. The van der Waals surface area contributed by atoms with Gasteiger partial charge in [0.25, 0.3) is 0 Å². The quantitative estimate of drug-likeness (QED) is 0.295. The van der Waals surface area contributed by atoms with Crippen molar-refractivity contribution in [1.29, 1.82) is 0 Å². The number of aliphatic hydroxyl groups is 1. The lowest BCUT2D eigenvalue weighted by atomic mass is 9.97. The van der Waals surface area contributed by atoms with Crippen molar-refractivity contribution in [3.63, 3.8) is 0 Å². The Morgan fingerprint density at radius 1 is 1.00 bits per heavy atom. The van der Waals surface area contributed by atoms with Gasteiger partial charge >= 0.3 is 6.09 Å². The van der Waals surface area contributed by atoms with Gasteiger partial charge in [0.15, 0.2) is 17.8 Å². The van der Waals surface area contributed by atoms with Crippen LogP contribution in [0.25, 0.3) is 0 Å². The summed E-state index contributed by atoms with van der Waals surface area (Å²) in [7, 11) is 3.33. The van der Waals surface area contributed by atoms with Crippen molar-refractivity contribution in [1.82, 2.24) is 10.2 Å². The molecule has 228 valence electrons. The lowest BCUT2D eigenvalue weighted by Gasteiger charge is -2.39. The highest BCUT2D eigenvalue weighted by Crippen LogP contribution is 2.39. The van der Waals surface area contributed by atoms with Gasteiger partial charge in [-0.25, -0.2) is 4.79 Å². The number of fused-ring (bicyclic) bond motifs is 1. The summed E-state index contributed by atoms with van der Waals surface area (Å²) >= 11 is 0. The predicted octanol–water partition coefficient (Wildman–Crippen LogP) is 5.21. The van der Waals surface area contributed by atoms with E-state index in [0.29, 0.717) is 13.0 Å². The second-order valence-electron chi connectivity index (χ2n) is 10.8. The van der Waals surface area contributed by atoms with E-state index in [2.05, 4.69) is 28.9 Å². The van der Waals surface area contributed by atoms with Crippen LogP contribution in [0.15, 0.2) is 73.3 Å². The van der Waals surface area contributed by atoms with Crippen molar-refractivity contribution in [2.45, 2.75) is 51.0 Å². The summed E-state index contributed by atoms with van der Waals surface area (Å²) in [4.78, 5) is 14.2. The molecule has 0 aromatic heterocycles. The van der Waals surface area contributed by atoms with Gasteiger partial charge in [-0.3, -0.25) is 4.90 Å². The first-order valence-corrected chi connectivity index (χ1v) is 14.6. The SMILES string of the molecule is C=CCOC(=O)NCc1ccc(C2OC(CN3CCc4cc(OC)c(OC)cc4C3)CC(c3ccc(CO)cc3)O2)cc1. The molecule has 1 amide bonds. The van der Waals surface area contributed by atoms with Gasteiger partial charge in [-0.2, -0.15) is 0 Å². The number of ether oxygens (including phenoxy) is 5. The smallest absolute Gasteiger partial charge is 0.407 e. The minimum Gasteiger partial charge on any atom is -0.493 e. The van der Waals surface area contributed by atoms with E-state index in [-0.39, 0.29) is 25.4 Å². The number of hydrogen-bond acceptors (Lipinski definition) is 8. The summed E-state index contributed by atoms with van der Waals surface area (Å²) in [5.41, 5.74) is 6.27. The summed E-state index contributed by atoms with van der Waals surface area (Å²) in [6.07, 6.45) is 1.88. The van der Waals surface area contributed by atoms with Gasteiger partial charge in [-0.15, -0.1) is 0 Å². The standard InChI is InChI=1S/C34H40N2O7/c1-4-15-41-34(38)35-19-23-5-11-26(12-6-23)33-42-29(18-30(43-33)25-9-7-24(22-37)8-10-25)21-36-14-13-27-16-31(39-2)32(40-3)17-28(27)20-36/h4-12,16-17,29-30,33,37H,1,13-15,18-22H2,2-3H3,(H,35,38). The second-order valence-corrected chi connectivity index (χ2v) is 10.8. The molecule has 0 aliphatic carbocycles. The fourth-order valence-corrected chi connectivity index (χ4v) is 5.57. The molecular formula is C34H40N2O7. The van der Waals surface area contributed by atoms with Crippen LogP contribution < -0.4 is 14.8 Å². The Labute approximate surface area is 253 Å². The number of carbonyl (C=O) groups is 1. The topological polar surface area (TPSA) is 98.7 Å². The molecule has 2 N–H and O–H groups in total. The van der Waals surface area contributed by atoms with Crippen LogP contribution in [0.1, 0.15) is 52.2 Å². The van der Waals surface area contributed by atoms with Crippen LogP contribution in [-0.4, -0.2) is 56.1 Å². The second kappa shape index (κ2) is 14.5. The van der Waals surface area contributed by atoms with E-state index in [0.717, 1.165) is 59.8 Å². The molecule has 0 radical (unpaired) electrons. The van der Waals surface area contributed by atoms with Gasteiger partial charge in [-0.05, 0) is 46.4 Å². The van der Waals surface area contributed by atoms with E-state index >= 15 is 0 Å². The van der Waals surface area contributed by atoms with Gasteiger partial charge in [0.2, 0.25) is 0 Å². The molecule has 0 spiro atoms. The largest absolute Gasteiger partial charge is 0.493 e. The maximum absolute atomic E-state index is 11.8. The van der Waals surface area contributed by atoms with E-state index in [9.17, 15) is 9.90 Å². The lowest BCUT2D eigenvalue weighted by molar-refractivity contribution is -0.253. The van der Waals surface area contributed by atoms with Gasteiger partial charge < -0.3 is 34.1 Å². The van der Waals surface area contributed by atoms with Crippen LogP contribution >= 0.6 is 0 Å². The van der Waals surface area contributed by atoms with Gasteiger partial charge in [0.1, 0.15) is 6.61 Å². The number of methoxy groups -OCH3 is 2. The van der Waals surface area contributed by atoms with Crippen LogP contribution in [-0.2, 0) is 40.3 Å². The third-order valence-corrected chi connectivity index (χ3v) is 7.89. The van der Waals surface area contributed by atoms with E-state index in [1.165, 1.54) is 17.2 Å². The van der Waals surface area contributed by atoms with E-state index in [4.69, 9.17) is 23.7 Å². The maximum Gasteiger partial charge on any atom is 0.407 e. The Morgan fingerprint density at radius 2 is 1.67 bits per heavy atom. The summed E-state index contributed by atoms with van der Waals surface area (Å²) < 4.78 is 29.1. The Balaban J connectivity index is 1.30. The summed E-state index contributed by atoms with van der Waals surface area (Å²) in [6, 6.07) is 19.9. The molecule has 3 aromatic carbocycles. The molecule has 9 heteroatoms. The summed E-state index contributed by atoms with van der Waals surface area (Å²) in [6.45, 7) is 6.53. The summed E-state index contributed by atoms with van der Waals surface area (Å²) in [5.74, 6) is 1.50.